The first-order valence-corrected chi connectivity index (χ1v) is 11.1. The molecule has 0 aliphatic carbocycles. The van der Waals surface area contributed by atoms with E-state index in [1.165, 1.54) is 25.2 Å². The van der Waals surface area contributed by atoms with Crippen LogP contribution >= 0.6 is 15.9 Å². The van der Waals surface area contributed by atoms with Crippen molar-refractivity contribution in [2.75, 3.05) is 41.4 Å². The Morgan fingerprint density at radius 2 is 1.76 bits per heavy atom. The standard InChI is InChI=1S/C24H27BrN2O6/c1-26(2)10-5-11-27-21(14-6-9-19(33-4)17(28)13-14)20(23(30)24(27)31)22(29)15-7-8-18(32-3)16(25)12-15/h6-9,12-13,21,28-29H,5,10-11H2,1-4H3/b22-20-. The molecule has 0 spiro atoms. The number of aliphatic hydroxyl groups excluding tert-OH is 1. The summed E-state index contributed by atoms with van der Waals surface area (Å²) < 4.78 is 10.9. The predicted octanol–water partition coefficient (Wildman–Crippen LogP) is 3.55. The summed E-state index contributed by atoms with van der Waals surface area (Å²) in [6, 6.07) is 8.72. The zero-order valence-corrected chi connectivity index (χ0v) is 20.5. The molecular formula is C24H27BrN2O6. The average Bonchev–Trinajstić information content (AvgIpc) is 3.03. The molecule has 0 radical (unpaired) electrons. The van der Waals surface area contributed by atoms with E-state index in [0.29, 0.717) is 34.3 Å². The van der Waals surface area contributed by atoms with Crippen molar-refractivity contribution >= 4 is 33.4 Å². The van der Waals surface area contributed by atoms with Crippen LogP contribution in [0.5, 0.6) is 17.2 Å². The summed E-state index contributed by atoms with van der Waals surface area (Å²) in [5.74, 6) is -1.06. The number of aromatic hydroxyl groups is 1. The maximum absolute atomic E-state index is 13.1. The van der Waals surface area contributed by atoms with Gasteiger partial charge < -0.3 is 29.5 Å². The second kappa shape index (κ2) is 10.3. The second-order valence-corrected chi connectivity index (χ2v) is 8.78. The van der Waals surface area contributed by atoms with E-state index in [2.05, 4.69) is 15.9 Å². The third-order valence-electron chi connectivity index (χ3n) is 5.49. The molecule has 0 saturated carbocycles. The summed E-state index contributed by atoms with van der Waals surface area (Å²) in [4.78, 5) is 29.5. The van der Waals surface area contributed by atoms with E-state index < -0.39 is 17.7 Å². The van der Waals surface area contributed by atoms with Gasteiger partial charge in [-0.25, -0.2) is 0 Å². The predicted molar refractivity (Wildman–Crippen MR) is 128 cm³/mol. The minimum Gasteiger partial charge on any atom is -0.507 e. The SMILES string of the molecule is COc1ccc(C2/C(=C(/O)c3ccc(OC)c(Br)c3)C(=O)C(=O)N2CCCN(C)C)cc1O. The number of phenols is 1. The van der Waals surface area contributed by atoms with Crippen LogP contribution in [0.25, 0.3) is 5.76 Å². The molecule has 3 rings (SSSR count). The quantitative estimate of drug-likeness (QED) is 0.313. The first kappa shape index (κ1) is 24.6. The summed E-state index contributed by atoms with van der Waals surface area (Å²) in [5.41, 5.74) is 0.815. The number of rotatable bonds is 8. The van der Waals surface area contributed by atoms with Crippen molar-refractivity contribution in [3.05, 3.63) is 57.6 Å². The van der Waals surface area contributed by atoms with Crippen molar-refractivity contribution in [1.82, 2.24) is 9.80 Å². The summed E-state index contributed by atoms with van der Waals surface area (Å²) in [7, 11) is 6.81. The fraction of sp³-hybridized carbons (Fsp3) is 0.333. The topological polar surface area (TPSA) is 99.5 Å². The molecule has 1 atom stereocenters. The van der Waals surface area contributed by atoms with E-state index in [1.54, 1.807) is 30.3 Å². The lowest BCUT2D eigenvalue weighted by Crippen LogP contribution is -2.32. The smallest absolute Gasteiger partial charge is 0.295 e. The normalized spacial score (nSPS) is 17.6. The van der Waals surface area contributed by atoms with E-state index in [4.69, 9.17) is 9.47 Å². The van der Waals surface area contributed by atoms with Crippen LogP contribution in [0, 0.1) is 0 Å². The van der Waals surface area contributed by atoms with E-state index in [9.17, 15) is 19.8 Å². The number of methoxy groups -OCH3 is 2. The minimum absolute atomic E-state index is 0.0357. The molecule has 1 fully saturated rings. The van der Waals surface area contributed by atoms with Crippen molar-refractivity contribution in [2.24, 2.45) is 0 Å². The number of aliphatic hydroxyl groups is 1. The second-order valence-electron chi connectivity index (χ2n) is 7.93. The van der Waals surface area contributed by atoms with E-state index in [-0.39, 0.29) is 22.8 Å². The molecule has 2 aromatic carbocycles. The number of carbonyl (C=O) groups excluding carboxylic acids is 2. The molecule has 9 heteroatoms. The molecule has 0 aromatic heterocycles. The zero-order chi connectivity index (χ0) is 24.3. The first-order chi connectivity index (χ1) is 15.7. The van der Waals surface area contributed by atoms with Gasteiger partial charge in [0.05, 0.1) is 30.3 Å². The van der Waals surface area contributed by atoms with Gasteiger partial charge in [0, 0.05) is 12.1 Å². The Kier molecular flexibility index (Phi) is 7.65. The van der Waals surface area contributed by atoms with E-state index in [0.717, 1.165) is 6.54 Å². The third-order valence-corrected chi connectivity index (χ3v) is 6.11. The fourth-order valence-electron chi connectivity index (χ4n) is 3.86. The van der Waals surface area contributed by atoms with Crippen LogP contribution in [-0.2, 0) is 9.59 Å². The highest BCUT2D eigenvalue weighted by Gasteiger charge is 2.46. The summed E-state index contributed by atoms with van der Waals surface area (Å²) in [6.45, 7) is 1.03. The summed E-state index contributed by atoms with van der Waals surface area (Å²) >= 11 is 3.38. The monoisotopic (exact) mass is 518 g/mol. The molecule has 8 nitrogen and oxygen atoms in total. The molecule has 1 unspecified atom stereocenters. The van der Waals surface area contributed by atoms with Crippen molar-refractivity contribution in [3.63, 3.8) is 0 Å². The number of hydrogen-bond acceptors (Lipinski definition) is 7. The maximum Gasteiger partial charge on any atom is 0.295 e. The molecule has 2 aromatic rings. The molecule has 1 aliphatic heterocycles. The van der Waals surface area contributed by atoms with Gasteiger partial charge in [-0.05, 0) is 78.9 Å². The van der Waals surface area contributed by atoms with Crippen molar-refractivity contribution in [3.8, 4) is 17.2 Å². The Hall–Kier alpha value is -3.04. The molecule has 1 aliphatic rings. The highest BCUT2D eigenvalue weighted by atomic mass is 79.9. The average molecular weight is 519 g/mol. The lowest BCUT2D eigenvalue weighted by atomic mass is 9.95. The molecular weight excluding hydrogens is 492 g/mol. The van der Waals surface area contributed by atoms with Gasteiger partial charge in [-0.1, -0.05) is 6.07 Å². The number of carbonyl (C=O) groups is 2. The number of hydrogen-bond donors (Lipinski definition) is 2. The Labute approximate surface area is 201 Å². The Morgan fingerprint density at radius 3 is 2.33 bits per heavy atom. The molecule has 2 N–H and O–H groups in total. The van der Waals surface area contributed by atoms with E-state index >= 15 is 0 Å². The van der Waals surface area contributed by atoms with Gasteiger partial charge in [0.15, 0.2) is 11.5 Å². The number of halogens is 1. The first-order valence-electron chi connectivity index (χ1n) is 10.3. The van der Waals surface area contributed by atoms with Crippen LogP contribution in [0.4, 0.5) is 0 Å². The van der Waals surface area contributed by atoms with E-state index in [1.807, 2.05) is 19.0 Å². The van der Waals surface area contributed by atoms with Gasteiger partial charge >= 0.3 is 0 Å². The van der Waals surface area contributed by atoms with Crippen LogP contribution in [-0.4, -0.2) is 73.1 Å². The lowest BCUT2D eigenvalue weighted by Gasteiger charge is -2.26. The number of Topliss-reactive ketones (excluding diaryl/α,β-unsaturated/α-hetero) is 1. The van der Waals surface area contributed by atoms with Crippen LogP contribution in [0.15, 0.2) is 46.4 Å². The number of nitrogens with zero attached hydrogens (tertiary/aromatic N) is 2. The van der Waals surface area contributed by atoms with Gasteiger partial charge in [-0.3, -0.25) is 9.59 Å². The van der Waals surface area contributed by atoms with Gasteiger partial charge in [-0.2, -0.15) is 0 Å². The van der Waals surface area contributed by atoms with Gasteiger partial charge in [0.1, 0.15) is 11.5 Å². The molecule has 176 valence electrons. The third kappa shape index (κ3) is 4.99. The van der Waals surface area contributed by atoms with Crippen LogP contribution in [0.3, 0.4) is 0 Å². The maximum atomic E-state index is 13.1. The Balaban J connectivity index is 2.14. The largest absolute Gasteiger partial charge is 0.507 e. The molecule has 33 heavy (non-hydrogen) atoms. The van der Waals surface area contributed by atoms with Crippen molar-refractivity contribution in [1.29, 1.82) is 0 Å². The number of ether oxygens (including phenoxy) is 2. The van der Waals surface area contributed by atoms with Gasteiger partial charge in [0.2, 0.25) is 0 Å². The van der Waals surface area contributed by atoms with Crippen LogP contribution < -0.4 is 9.47 Å². The minimum atomic E-state index is -0.857. The zero-order valence-electron chi connectivity index (χ0n) is 19.0. The summed E-state index contributed by atoms with van der Waals surface area (Å²) in [5, 5.41) is 21.5. The number of benzene rings is 2. The number of likely N-dealkylation sites (tertiary alicyclic amines) is 1. The van der Waals surface area contributed by atoms with Gasteiger partial charge in [0.25, 0.3) is 11.7 Å². The molecule has 1 amide bonds. The van der Waals surface area contributed by atoms with Crippen molar-refractivity contribution < 1.29 is 29.3 Å². The molecule has 1 heterocycles. The van der Waals surface area contributed by atoms with Gasteiger partial charge in [-0.15, -0.1) is 0 Å². The van der Waals surface area contributed by atoms with Crippen LogP contribution in [0.2, 0.25) is 0 Å². The number of amides is 1. The molecule has 1 saturated heterocycles. The number of phenolic OH excluding ortho intramolecular Hbond substituents is 1. The lowest BCUT2D eigenvalue weighted by molar-refractivity contribution is -0.139. The highest BCUT2D eigenvalue weighted by Crippen LogP contribution is 2.42. The fourth-order valence-corrected chi connectivity index (χ4v) is 4.40. The Morgan fingerprint density at radius 1 is 1.09 bits per heavy atom. The number of ketones is 1. The molecule has 0 bridgehead atoms. The Bertz CT molecular complexity index is 1100. The van der Waals surface area contributed by atoms with Crippen molar-refractivity contribution in [2.45, 2.75) is 12.5 Å². The highest BCUT2D eigenvalue weighted by molar-refractivity contribution is 9.10. The summed E-state index contributed by atoms with van der Waals surface area (Å²) in [6.07, 6.45) is 0.632. The van der Waals surface area contributed by atoms with Crippen LogP contribution in [0.1, 0.15) is 23.6 Å².